The Morgan fingerprint density at radius 1 is 1.14 bits per heavy atom. The average Bonchev–Trinajstić information content (AvgIpc) is 2.92. The van der Waals surface area contributed by atoms with Crippen LogP contribution in [0.2, 0.25) is 0 Å². The summed E-state index contributed by atoms with van der Waals surface area (Å²) in [6.07, 6.45) is 0. The summed E-state index contributed by atoms with van der Waals surface area (Å²) in [7, 11) is -1.66. The Hall–Kier alpha value is -0.250. The summed E-state index contributed by atoms with van der Waals surface area (Å²) in [6.45, 7) is 5.05. The van der Waals surface area contributed by atoms with Gasteiger partial charge in [0.15, 0.2) is 0 Å². The first-order valence-corrected chi connectivity index (χ1v) is 10.2. The van der Waals surface area contributed by atoms with Crippen molar-refractivity contribution in [1.82, 2.24) is 10.0 Å². The number of hydrogen-bond donors (Lipinski definition) is 2. The first-order chi connectivity index (χ1) is 9.83. The Morgan fingerprint density at radius 2 is 1.81 bits per heavy atom. The quantitative estimate of drug-likeness (QED) is 0.769. The second-order valence-electron chi connectivity index (χ2n) is 4.66. The van der Waals surface area contributed by atoms with Gasteiger partial charge in [-0.05, 0) is 54.5 Å². The Morgan fingerprint density at radius 3 is 2.38 bits per heavy atom. The largest absolute Gasteiger partial charge is 0.315 e. The fourth-order valence-electron chi connectivity index (χ4n) is 1.82. The minimum Gasteiger partial charge on any atom is -0.315 e. The molecule has 116 valence electrons. The minimum absolute atomic E-state index is 0.308. The molecule has 0 unspecified atom stereocenters. The molecule has 0 aliphatic carbocycles. The van der Waals surface area contributed by atoms with E-state index >= 15 is 0 Å². The zero-order chi connectivity index (χ0) is 15.6. The topological polar surface area (TPSA) is 58.2 Å². The SMILES string of the molecule is CNCc1cc(S(=O)(=O)NCc2cc(C)c(C)s2)c(Br)s1. The van der Waals surface area contributed by atoms with Crippen molar-refractivity contribution in [2.45, 2.75) is 31.8 Å². The van der Waals surface area contributed by atoms with Crippen molar-refractivity contribution < 1.29 is 8.42 Å². The monoisotopic (exact) mass is 408 g/mol. The molecule has 0 aromatic carbocycles. The zero-order valence-corrected chi connectivity index (χ0v) is 16.0. The molecule has 0 bridgehead atoms. The van der Waals surface area contributed by atoms with Gasteiger partial charge in [-0.15, -0.1) is 22.7 Å². The molecule has 8 heteroatoms. The molecule has 0 amide bonds. The molecule has 2 aromatic rings. The van der Waals surface area contributed by atoms with Crippen molar-refractivity contribution in [2.24, 2.45) is 0 Å². The van der Waals surface area contributed by atoms with Gasteiger partial charge >= 0.3 is 0 Å². The number of halogens is 1. The van der Waals surface area contributed by atoms with Crippen LogP contribution in [0.15, 0.2) is 20.8 Å². The molecule has 0 aliphatic rings. The average molecular weight is 409 g/mol. The van der Waals surface area contributed by atoms with Crippen molar-refractivity contribution in [1.29, 1.82) is 0 Å². The Kier molecular flexibility index (Phi) is 5.61. The lowest BCUT2D eigenvalue weighted by atomic mass is 10.3. The van der Waals surface area contributed by atoms with E-state index in [0.717, 1.165) is 9.75 Å². The van der Waals surface area contributed by atoms with E-state index in [0.29, 0.717) is 21.8 Å². The number of sulfonamides is 1. The minimum atomic E-state index is -3.50. The number of rotatable bonds is 6. The van der Waals surface area contributed by atoms with Gasteiger partial charge in [0.2, 0.25) is 10.0 Å². The Balaban J connectivity index is 2.14. The molecule has 0 radical (unpaired) electrons. The van der Waals surface area contributed by atoms with Crippen LogP contribution in [0.4, 0.5) is 0 Å². The molecule has 0 aliphatic heterocycles. The number of nitrogens with one attached hydrogen (secondary N) is 2. The number of aryl methyl sites for hydroxylation is 2. The summed E-state index contributed by atoms with van der Waals surface area (Å²) < 4.78 is 28.1. The van der Waals surface area contributed by atoms with Gasteiger partial charge in [-0.1, -0.05) is 0 Å². The van der Waals surface area contributed by atoms with Crippen molar-refractivity contribution >= 4 is 48.6 Å². The third-order valence-corrected chi connectivity index (χ3v) is 7.81. The highest BCUT2D eigenvalue weighted by Crippen LogP contribution is 2.32. The molecule has 0 saturated heterocycles. The fraction of sp³-hybridized carbons (Fsp3) is 0.385. The van der Waals surface area contributed by atoms with Crippen LogP contribution in [0.3, 0.4) is 0 Å². The van der Waals surface area contributed by atoms with E-state index < -0.39 is 10.0 Å². The van der Waals surface area contributed by atoms with Crippen LogP contribution in [-0.2, 0) is 23.1 Å². The van der Waals surface area contributed by atoms with E-state index in [4.69, 9.17) is 0 Å². The van der Waals surface area contributed by atoms with Gasteiger partial charge in [-0.2, -0.15) is 0 Å². The van der Waals surface area contributed by atoms with Gasteiger partial charge in [-0.3, -0.25) is 0 Å². The molecule has 2 heterocycles. The lowest BCUT2D eigenvalue weighted by Crippen LogP contribution is -2.22. The molecule has 2 N–H and O–H groups in total. The summed E-state index contributed by atoms with van der Waals surface area (Å²) >= 11 is 6.39. The van der Waals surface area contributed by atoms with Gasteiger partial charge in [0.25, 0.3) is 0 Å². The van der Waals surface area contributed by atoms with Crippen LogP contribution in [0.1, 0.15) is 20.2 Å². The second kappa shape index (κ2) is 6.89. The maximum Gasteiger partial charge on any atom is 0.242 e. The number of hydrogen-bond acceptors (Lipinski definition) is 5. The van der Waals surface area contributed by atoms with Crippen molar-refractivity contribution in [2.75, 3.05) is 7.05 Å². The molecule has 0 fully saturated rings. The van der Waals surface area contributed by atoms with E-state index in [1.54, 1.807) is 17.4 Å². The van der Waals surface area contributed by atoms with E-state index in [9.17, 15) is 8.42 Å². The summed E-state index contributed by atoms with van der Waals surface area (Å²) in [5, 5.41) is 3.02. The maximum atomic E-state index is 12.4. The van der Waals surface area contributed by atoms with Gasteiger partial charge in [-0.25, -0.2) is 13.1 Å². The highest BCUT2D eigenvalue weighted by atomic mass is 79.9. The van der Waals surface area contributed by atoms with Gasteiger partial charge < -0.3 is 5.32 Å². The second-order valence-corrected chi connectivity index (χ2v) is 10.2. The fourth-order valence-corrected chi connectivity index (χ4v) is 6.61. The Labute approximate surface area is 141 Å². The lowest BCUT2D eigenvalue weighted by Gasteiger charge is -2.04. The third-order valence-electron chi connectivity index (χ3n) is 3.00. The molecule has 21 heavy (non-hydrogen) atoms. The highest BCUT2D eigenvalue weighted by molar-refractivity contribution is 9.11. The third kappa shape index (κ3) is 4.14. The van der Waals surface area contributed by atoms with Crippen LogP contribution in [0.5, 0.6) is 0 Å². The molecule has 0 atom stereocenters. The van der Waals surface area contributed by atoms with Crippen molar-refractivity contribution in [3.63, 3.8) is 0 Å². The predicted octanol–water partition coefficient (Wildman–Crippen LogP) is 3.39. The van der Waals surface area contributed by atoms with E-state index in [1.807, 2.05) is 27.0 Å². The van der Waals surface area contributed by atoms with Crippen LogP contribution >= 0.6 is 38.6 Å². The predicted molar refractivity (Wildman–Crippen MR) is 92.6 cm³/mol. The first-order valence-electron chi connectivity index (χ1n) is 6.32. The van der Waals surface area contributed by atoms with Gasteiger partial charge in [0.05, 0.1) is 3.79 Å². The van der Waals surface area contributed by atoms with Crippen molar-refractivity contribution in [3.8, 4) is 0 Å². The molecule has 4 nitrogen and oxygen atoms in total. The van der Waals surface area contributed by atoms with Crippen LogP contribution in [0.25, 0.3) is 0 Å². The van der Waals surface area contributed by atoms with Crippen LogP contribution in [-0.4, -0.2) is 15.5 Å². The number of thiophene rings is 2. The van der Waals surface area contributed by atoms with E-state index in [1.165, 1.54) is 21.8 Å². The van der Waals surface area contributed by atoms with Crippen LogP contribution < -0.4 is 10.0 Å². The maximum absolute atomic E-state index is 12.4. The van der Waals surface area contributed by atoms with Gasteiger partial charge in [0.1, 0.15) is 4.90 Å². The smallest absolute Gasteiger partial charge is 0.242 e. The zero-order valence-electron chi connectivity index (χ0n) is 12.0. The molecular formula is C13H17BrN2O2S3. The summed E-state index contributed by atoms with van der Waals surface area (Å²) in [5.74, 6) is 0. The molecule has 2 rings (SSSR count). The molecular weight excluding hydrogens is 392 g/mol. The standard InChI is InChI=1S/C13H17BrN2O2S3/c1-8-4-10(19-9(8)2)7-16-21(17,18)12-5-11(6-15-3)20-13(12)14/h4-5,15-16H,6-7H2,1-3H3. The lowest BCUT2D eigenvalue weighted by molar-refractivity contribution is 0.581. The Bertz CT molecular complexity index is 715. The van der Waals surface area contributed by atoms with Crippen molar-refractivity contribution in [3.05, 3.63) is 36.1 Å². The molecule has 0 saturated carbocycles. The van der Waals surface area contributed by atoms with Gasteiger partial charge in [0, 0.05) is 27.7 Å². The molecule has 0 spiro atoms. The van der Waals surface area contributed by atoms with E-state index in [2.05, 4.69) is 26.0 Å². The van der Waals surface area contributed by atoms with E-state index in [-0.39, 0.29) is 0 Å². The summed E-state index contributed by atoms with van der Waals surface area (Å²) in [4.78, 5) is 3.53. The summed E-state index contributed by atoms with van der Waals surface area (Å²) in [5.41, 5.74) is 1.20. The highest BCUT2D eigenvalue weighted by Gasteiger charge is 2.20. The van der Waals surface area contributed by atoms with Crippen LogP contribution in [0, 0.1) is 13.8 Å². The first kappa shape index (κ1) is 17.1. The summed E-state index contributed by atoms with van der Waals surface area (Å²) in [6, 6.07) is 3.73. The normalized spacial score (nSPS) is 12.0. The molecule has 2 aromatic heterocycles.